The van der Waals surface area contributed by atoms with Crippen LogP contribution in [0.2, 0.25) is 0 Å². The van der Waals surface area contributed by atoms with Crippen LogP contribution in [0, 0.1) is 5.21 Å². The molecule has 0 spiro atoms. The number of nitrogens with zero attached hydrogens (tertiary/aromatic N) is 1. The SMILES string of the molecule is COc1cc([C@H]2NC(=O)CC[C@H]2N([O-])O)c(Br)c(OC)c1OC. The van der Waals surface area contributed by atoms with Crippen LogP contribution in [0.15, 0.2) is 10.5 Å². The van der Waals surface area contributed by atoms with Gasteiger partial charge in [0.25, 0.3) is 0 Å². The summed E-state index contributed by atoms with van der Waals surface area (Å²) in [6.07, 6.45) is 0.405. The van der Waals surface area contributed by atoms with Crippen LogP contribution in [0.5, 0.6) is 17.2 Å². The minimum absolute atomic E-state index is 0.125. The number of rotatable bonds is 5. The van der Waals surface area contributed by atoms with Gasteiger partial charge in [-0.25, -0.2) is 0 Å². The van der Waals surface area contributed by atoms with Crippen LogP contribution in [0.3, 0.4) is 0 Å². The lowest BCUT2D eigenvalue weighted by atomic mass is 9.92. The molecule has 0 aliphatic carbocycles. The first kappa shape index (κ1) is 17.8. The van der Waals surface area contributed by atoms with E-state index in [2.05, 4.69) is 21.2 Å². The minimum Gasteiger partial charge on any atom is -0.762 e. The molecule has 1 heterocycles. The number of hydroxylamine groups is 2. The van der Waals surface area contributed by atoms with Gasteiger partial charge >= 0.3 is 0 Å². The highest BCUT2D eigenvalue weighted by molar-refractivity contribution is 9.10. The summed E-state index contributed by atoms with van der Waals surface area (Å²) < 4.78 is 16.4. The van der Waals surface area contributed by atoms with E-state index in [0.717, 1.165) is 0 Å². The molecule has 1 saturated heterocycles. The van der Waals surface area contributed by atoms with Gasteiger partial charge in [0.2, 0.25) is 11.7 Å². The highest BCUT2D eigenvalue weighted by Crippen LogP contribution is 2.47. The van der Waals surface area contributed by atoms with Crippen LogP contribution in [0.1, 0.15) is 24.4 Å². The number of hydrogen-bond acceptors (Lipinski definition) is 7. The Hall–Kier alpha value is -1.55. The molecule has 2 N–H and O–H groups in total. The molecule has 2 atom stereocenters. The van der Waals surface area contributed by atoms with E-state index in [1.165, 1.54) is 21.3 Å². The Bertz CT molecular complexity index is 595. The van der Waals surface area contributed by atoms with E-state index in [1.54, 1.807) is 6.07 Å². The third-order valence-corrected chi connectivity index (χ3v) is 4.60. The Kier molecular flexibility index (Phi) is 5.69. The van der Waals surface area contributed by atoms with Crippen LogP contribution in [-0.2, 0) is 4.79 Å². The topological polar surface area (TPSA) is 103 Å². The number of hydrogen-bond donors (Lipinski definition) is 2. The molecule has 0 bridgehead atoms. The van der Waals surface area contributed by atoms with Gasteiger partial charge in [0.15, 0.2) is 11.5 Å². The Morgan fingerprint density at radius 3 is 2.48 bits per heavy atom. The normalized spacial score (nSPS) is 21.1. The number of amides is 1. The lowest BCUT2D eigenvalue weighted by Gasteiger charge is -2.40. The van der Waals surface area contributed by atoms with Gasteiger partial charge in [0.1, 0.15) is 0 Å². The van der Waals surface area contributed by atoms with Gasteiger partial charge in [-0.1, -0.05) is 0 Å². The largest absolute Gasteiger partial charge is 0.762 e. The van der Waals surface area contributed by atoms with Crippen molar-refractivity contribution in [2.24, 2.45) is 0 Å². The number of benzene rings is 1. The van der Waals surface area contributed by atoms with Crippen molar-refractivity contribution in [3.05, 3.63) is 21.3 Å². The highest BCUT2D eigenvalue weighted by Gasteiger charge is 2.34. The number of carbonyl (C=O) groups is 1. The first-order chi connectivity index (χ1) is 10.9. The summed E-state index contributed by atoms with van der Waals surface area (Å²) in [7, 11) is 4.41. The van der Waals surface area contributed by atoms with Crippen LogP contribution in [-0.4, -0.2) is 43.7 Å². The molecular weight excluding hydrogens is 372 g/mol. The third kappa shape index (κ3) is 3.37. The molecule has 1 aromatic carbocycles. The van der Waals surface area contributed by atoms with Crippen LogP contribution >= 0.6 is 15.9 Å². The molecule has 1 fully saturated rings. The van der Waals surface area contributed by atoms with Crippen molar-refractivity contribution in [2.45, 2.75) is 24.9 Å². The molecule has 8 nitrogen and oxygen atoms in total. The predicted octanol–water partition coefficient (Wildman–Crippen LogP) is 1.98. The summed E-state index contributed by atoms with van der Waals surface area (Å²) in [5.74, 6) is 0.938. The average molecular weight is 390 g/mol. The van der Waals surface area contributed by atoms with E-state index < -0.39 is 12.1 Å². The number of halogens is 1. The average Bonchev–Trinajstić information content (AvgIpc) is 2.53. The Morgan fingerprint density at radius 2 is 1.96 bits per heavy atom. The van der Waals surface area contributed by atoms with E-state index >= 15 is 0 Å². The van der Waals surface area contributed by atoms with Crippen LogP contribution in [0.4, 0.5) is 0 Å². The molecule has 9 heteroatoms. The van der Waals surface area contributed by atoms with Gasteiger partial charge in [-0.3, -0.25) is 10.0 Å². The highest BCUT2D eigenvalue weighted by atomic mass is 79.9. The second-order valence-corrected chi connectivity index (χ2v) is 5.80. The zero-order valence-electron chi connectivity index (χ0n) is 13.0. The van der Waals surface area contributed by atoms with Crippen molar-refractivity contribution in [1.82, 2.24) is 10.5 Å². The number of carbonyl (C=O) groups excluding carboxylic acids is 1. The smallest absolute Gasteiger partial charge is 0.220 e. The van der Waals surface area contributed by atoms with Gasteiger partial charge in [-0.05, 0) is 34.0 Å². The summed E-state index contributed by atoms with van der Waals surface area (Å²) in [5.41, 5.74) is 0.549. The summed E-state index contributed by atoms with van der Waals surface area (Å²) in [4.78, 5) is 11.7. The molecule has 1 aliphatic heterocycles. The van der Waals surface area contributed by atoms with Crippen molar-refractivity contribution in [1.29, 1.82) is 0 Å². The molecule has 0 saturated carbocycles. The fourth-order valence-corrected chi connectivity index (χ4v) is 3.38. The summed E-state index contributed by atoms with van der Waals surface area (Å²) in [6, 6.07) is 0.103. The minimum atomic E-state index is -0.813. The van der Waals surface area contributed by atoms with Crippen LogP contribution < -0.4 is 19.5 Å². The first-order valence-corrected chi connectivity index (χ1v) is 7.66. The van der Waals surface area contributed by atoms with E-state index in [-0.39, 0.29) is 24.0 Å². The van der Waals surface area contributed by atoms with Crippen molar-refractivity contribution in [2.75, 3.05) is 21.3 Å². The maximum atomic E-state index is 11.7. The zero-order chi connectivity index (χ0) is 17.1. The molecule has 23 heavy (non-hydrogen) atoms. The zero-order valence-corrected chi connectivity index (χ0v) is 14.5. The third-order valence-electron chi connectivity index (χ3n) is 3.78. The van der Waals surface area contributed by atoms with Gasteiger partial charge in [-0.15, -0.1) is 0 Å². The number of nitrogens with one attached hydrogen (secondary N) is 1. The summed E-state index contributed by atoms with van der Waals surface area (Å²) in [5, 5.41) is 23.4. The monoisotopic (exact) mass is 389 g/mol. The lowest BCUT2D eigenvalue weighted by Crippen LogP contribution is -2.47. The number of piperidine rings is 1. The summed E-state index contributed by atoms with van der Waals surface area (Å²) in [6.45, 7) is 0. The quantitative estimate of drug-likeness (QED) is 0.741. The van der Waals surface area contributed by atoms with Gasteiger partial charge < -0.3 is 29.9 Å². The van der Waals surface area contributed by atoms with Crippen LogP contribution in [0.25, 0.3) is 0 Å². The Morgan fingerprint density at radius 1 is 1.30 bits per heavy atom. The van der Waals surface area contributed by atoms with Gasteiger partial charge in [0.05, 0.1) is 31.8 Å². The van der Waals surface area contributed by atoms with Gasteiger partial charge in [0, 0.05) is 12.5 Å². The fraction of sp³-hybridized carbons (Fsp3) is 0.500. The Balaban J connectivity index is 2.58. The van der Waals surface area contributed by atoms with Crippen molar-refractivity contribution < 1.29 is 24.2 Å². The van der Waals surface area contributed by atoms with Gasteiger partial charge in [-0.2, -0.15) is 0 Å². The van der Waals surface area contributed by atoms with E-state index in [1.807, 2.05) is 0 Å². The molecule has 1 aromatic rings. The predicted molar refractivity (Wildman–Crippen MR) is 84.7 cm³/mol. The molecule has 0 unspecified atom stereocenters. The van der Waals surface area contributed by atoms with E-state index in [0.29, 0.717) is 27.3 Å². The maximum absolute atomic E-state index is 11.7. The fourth-order valence-electron chi connectivity index (χ4n) is 2.68. The van der Waals surface area contributed by atoms with Crippen molar-refractivity contribution >= 4 is 21.8 Å². The summed E-state index contributed by atoms with van der Waals surface area (Å²) >= 11 is 3.41. The van der Waals surface area contributed by atoms with Crippen molar-refractivity contribution in [3.63, 3.8) is 0 Å². The molecule has 128 valence electrons. The maximum Gasteiger partial charge on any atom is 0.220 e. The molecule has 2 rings (SSSR count). The molecule has 1 amide bonds. The molecule has 0 aromatic heterocycles. The molecule has 1 aliphatic rings. The number of methoxy groups -OCH3 is 3. The standard InChI is InChI=1S/C14H18BrN2O6/c1-21-9-6-7(11(15)14(23-3)13(9)22-2)12-8(17(19)20)4-5-10(18)16-12/h6,8,12,19H,4-5H2,1-3H3,(H,16,18)/q-1/t8-,12-/m1/s1. The number of ether oxygens (including phenoxy) is 3. The van der Waals surface area contributed by atoms with Crippen molar-refractivity contribution in [3.8, 4) is 17.2 Å². The molecule has 0 radical (unpaired) electrons. The second kappa shape index (κ2) is 7.35. The van der Waals surface area contributed by atoms with E-state index in [9.17, 15) is 15.2 Å². The van der Waals surface area contributed by atoms with E-state index in [4.69, 9.17) is 14.2 Å². The lowest BCUT2D eigenvalue weighted by molar-refractivity contribution is -0.133. The first-order valence-electron chi connectivity index (χ1n) is 6.87. The second-order valence-electron chi connectivity index (χ2n) is 5.00. The molecular formula is C14H18BrN2O6-. The Labute approximate surface area is 142 Å².